The molecular formula is C14H19BF3NO2. The van der Waals surface area contributed by atoms with E-state index < -0.39 is 30.5 Å². The van der Waals surface area contributed by atoms with Gasteiger partial charge in [-0.25, -0.2) is 0 Å². The van der Waals surface area contributed by atoms with Crippen LogP contribution in [0.25, 0.3) is 0 Å². The molecule has 1 unspecified atom stereocenters. The Morgan fingerprint density at radius 3 is 2.10 bits per heavy atom. The summed E-state index contributed by atoms with van der Waals surface area (Å²) in [5.74, 6) is 0. The van der Waals surface area contributed by atoms with Gasteiger partial charge in [0, 0.05) is 0 Å². The van der Waals surface area contributed by atoms with E-state index in [9.17, 15) is 13.2 Å². The average molecular weight is 301 g/mol. The van der Waals surface area contributed by atoms with Crippen molar-refractivity contribution < 1.29 is 22.5 Å². The molecule has 1 aromatic carbocycles. The van der Waals surface area contributed by atoms with Crippen LogP contribution in [0, 0.1) is 0 Å². The van der Waals surface area contributed by atoms with Gasteiger partial charge in [-0.15, -0.1) is 0 Å². The zero-order chi connectivity index (χ0) is 16.1. The van der Waals surface area contributed by atoms with Crippen LogP contribution in [-0.2, 0) is 9.31 Å². The first kappa shape index (κ1) is 16.3. The molecule has 0 spiro atoms. The molecule has 1 saturated heterocycles. The maximum Gasteiger partial charge on any atom is 0.494 e. The molecule has 1 aromatic rings. The Bertz CT molecular complexity index is 515. The number of benzene rings is 1. The van der Waals surface area contributed by atoms with Gasteiger partial charge in [-0.1, -0.05) is 24.3 Å². The zero-order valence-electron chi connectivity index (χ0n) is 12.5. The molecule has 0 radical (unpaired) electrons. The van der Waals surface area contributed by atoms with Gasteiger partial charge in [0.2, 0.25) is 0 Å². The molecule has 1 aliphatic heterocycles. The van der Waals surface area contributed by atoms with Gasteiger partial charge in [-0.2, -0.15) is 13.2 Å². The summed E-state index contributed by atoms with van der Waals surface area (Å²) >= 11 is 0. The lowest BCUT2D eigenvalue weighted by atomic mass is 9.78. The van der Waals surface area contributed by atoms with Gasteiger partial charge in [0.25, 0.3) is 0 Å². The average Bonchev–Trinajstić information content (AvgIpc) is 2.57. The highest BCUT2D eigenvalue weighted by Gasteiger charge is 2.51. The Hall–Kier alpha value is -1.05. The molecule has 0 aromatic heterocycles. The maximum atomic E-state index is 12.7. The van der Waals surface area contributed by atoms with Crippen molar-refractivity contribution in [2.24, 2.45) is 5.73 Å². The number of rotatable bonds is 2. The summed E-state index contributed by atoms with van der Waals surface area (Å²) in [6.45, 7) is 7.55. The number of halogens is 3. The van der Waals surface area contributed by atoms with Gasteiger partial charge in [0.05, 0.1) is 11.2 Å². The van der Waals surface area contributed by atoms with E-state index in [1.807, 2.05) is 27.7 Å². The third-order valence-corrected chi connectivity index (χ3v) is 4.15. The summed E-state index contributed by atoms with van der Waals surface area (Å²) < 4.78 is 49.8. The van der Waals surface area contributed by atoms with Crippen LogP contribution in [0.3, 0.4) is 0 Å². The van der Waals surface area contributed by atoms with Crippen LogP contribution >= 0.6 is 0 Å². The van der Waals surface area contributed by atoms with Crippen molar-refractivity contribution in [2.45, 2.75) is 51.1 Å². The van der Waals surface area contributed by atoms with E-state index in [4.69, 9.17) is 15.0 Å². The van der Waals surface area contributed by atoms with E-state index in [0.717, 1.165) is 0 Å². The third kappa shape index (κ3) is 3.10. The SMILES string of the molecule is CC1(C)OB(c2cccc(C(N)C(F)(F)F)c2)OC1(C)C. The van der Waals surface area contributed by atoms with Crippen molar-refractivity contribution in [3.05, 3.63) is 29.8 Å². The smallest absolute Gasteiger partial charge is 0.399 e. The molecule has 0 aliphatic carbocycles. The van der Waals surface area contributed by atoms with E-state index in [2.05, 4.69) is 0 Å². The number of hydrogen-bond donors (Lipinski definition) is 1. The molecule has 3 nitrogen and oxygen atoms in total. The van der Waals surface area contributed by atoms with Crippen molar-refractivity contribution in [2.75, 3.05) is 0 Å². The minimum atomic E-state index is -4.48. The van der Waals surface area contributed by atoms with E-state index in [-0.39, 0.29) is 5.56 Å². The van der Waals surface area contributed by atoms with Crippen molar-refractivity contribution >= 4 is 12.6 Å². The molecule has 2 rings (SSSR count). The molecule has 21 heavy (non-hydrogen) atoms. The quantitative estimate of drug-likeness (QED) is 0.854. The molecule has 1 aliphatic rings. The molecular weight excluding hydrogens is 282 g/mol. The normalized spacial score (nSPS) is 22.4. The van der Waals surface area contributed by atoms with Gasteiger partial charge in [-0.3, -0.25) is 0 Å². The monoisotopic (exact) mass is 301 g/mol. The molecule has 0 saturated carbocycles. The summed E-state index contributed by atoms with van der Waals surface area (Å²) in [6.07, 6.45) is -4.48. The minimum Gasteiger partial charge on any atom is -0.399 e. The van der Waals surface area contributed by atoms with Crippen molar-refractivity contribution in [1.29, 1.82) is 0 Å². The highest BCUT2D eigenvalue weighted by molar-refractivity contribution is 6.62. The molecule has 1 fully saturated rings. The van der Waals surface area contributed by atoms with Crippen LogP contribution < -0.4 is 11.2 Å². The topological polar surface area (TPSA) is 44.5 Å². The largest absolute Gasteiger partial charge is 0.494 e. The van der Waals surface area contributed by atoms with Crippen molar-refractivity contribution in [1.82, 2.24) is 0 Å². The Balaban J connectivity index is 2.28. The highest BCUT2D eigenvalue weighted by atomic mass is 19.4. The highest BCUT2D eigenvalue weighted by Crippen LogP contribution is 2.37. The lowest BCUT2D eigenvalue weighted by molar-refractivity contribution is -0.149. The fourth-order valence-electron chi connectivity index (χ4n) is 2.07. The first-order chi connectivity index (χ1) is 9.44. The van der Waals surface area contributed by atoms with E-state index in [1.165, 1.54) is 18.2 Å². The summed E-state index contributed by atoms with van der Waals surface area (Å²) in [5, 5.41) is 0. The first-order valence-electron chi connectivity index (χ1n) is 6.72. The van der Waals surface area contributed by atoms with Crippen LogP contribution in [0.1, 0.15) is 39.3 Å². The van der Waals surface area contributed by atoms with Crippen LogP contribution in [-0.4, -0.2) is 24.5 Å². The number of nitrogens with two attached hydrogens (primary N) is 1. The van der Waals surface area contributed by atoms with E-state index >= 15 is 0 Å². The Morgan fingerprint density at radius 2 is 1.62 bits per heavy atom. The van der Waals surface area contributed by atoms with Crippen LogP contribution in [0.4, 0.5) is 13.2 Å². The van der Waals surface area contributed by atoms with Gasteiger partial charge in [-0.05, 0) is 38.7 Å². The minimum absolute atomic E-state index is 0.00490. The molecule has 0 amide bonds. The molecule has 116 valence electrons. The summed E-state index contributed by atoms with van der Waals surface area (Å²) in [5.41, 5.74) is 4.68. The molecule has 0 bridgehead atoms. The zero-order valence-corrected chi connectivity index (χ0v) is 12.5. The van der Waals surface area contributed by atoms with Crippen LogP contribution in [0.15, 0.2) is 24.3 Å². The van der Waals surface area contributed by atoms with Crippen molar-refractivity contribution in [3.8, 4) is 0 Å². The molecule has 7 heteroatoms. The van der Waals surface area contributed by atoms with Gasteiger partial charge >= 0.3 is 13.3 Å². The lowest BCUT2D eigenvalue weighted by Crippen LogP contribution is -2.41. The van der Waals surface area contributed by atoms with Crippen molar-refractivity contribution in [3.63, 3.8) is 0 Å². The standard InChI is InChI=1S/C14H19BF3NO2/c1-12(2)13(3,4)21-15(20-12)10-7-5-6-9(8-10)11(19)14(16,17)18/h5-8,11H,19H2,1-4H3. The van der Waals surface area contributed by atoms with Gasteiger partial charge < -0.3 is 15.0 Å². The summed E-state index contributed by atoms with van der Waals surface area (Å²) in [4.78, 5) is 0. The summed E-state index contributed by atoms with van der Waals surface area (Å²) in [6, 6.07) is 3.93. The van der Waals surface area contributed by atoms with Crippen LogP contribution in [0.5, 0.6) is 0 Å². The fourth-order valence-corrected chi connectivity index (χ4v) is 2.07. The second kappa shape index (κ2) is 5.00. The third-order valence-electron chi connectivity index (χ3n) is 4.15. The summed E-state index contributed by atoms with van der Waals surface area (Å²) in [7, 11) is -0.699. The Kier molecular flexibility index (Phi) is 3.89. The Morgan fingerprint density at radius 1 is 1.10 bits per heavy atom. The second-order valence-electron chi connectivity index (χ2n) is 6.28. The second-order valence-corrected chi connectivity index (χ2v) is 6.28. The van der Waals surface area contributed by atoms with E-state index in [0.29, 0.717) is 5.46 Å². The molecule has 1 atom stereocenters. The molecule has 1 heterocycles. The van der Waals surface area contributed by atoms with Gasteiger partial charge in [0.15, 0.2) is 0 Å². The predicted molar refractivity (Wildman–Crippen MR) is 75.1 cm³/mol. The number of hydrogen-bond acceptors (Lipinski definition) is 3. The van der Waals surface area contributed by atoms with E-state index in [1.54, 1.807) is 6.07 Å². The molecule has 2 N–H and O–H groups in total. The first-order valence-corrected chi connectivity index (χ1v) is 6.72. The Labute approximate surface area is 122 Å². The maximum absolute atomic E-state index is 12.7. The van der Waals surface area contributed by atoms with Crippen LogP contribution in [0.2, 0.25) is 0 Å². The predicted octanol–water partition coefficient (Wildman–Crippen LogP) is 2.55. The fraction of sp³-hybridized carbons (Fsp3) is 0.571. The van der Waals surface area contributed by atoms with Gasteiger partial charge in [0.1, 0.15) is 6.04 Å². The lowest BCUT2D eigenvalue weighted by Gasteiger charge is -2.32. The number of alkyl halides is 3.